The zero-order chi connectivity index (χ0) is 16.8. The fourth-order valence-corrected chi connectivity index (χ4v) is 3.12. The number of aliphatic carboxylic acids is 1. The summed E-state index contributed by atoms with van der Waals surface area (Å²) < 4.78 is 6.09. The Hall–Kier alpha value is -1.40. The number of carbonyl (C=O) groups is 2. The summed E-state index contributed by atoms with van der Waals surface area (Å²) in [6, 6.07) is 7.94. The van der Waals surface area contributed by atoms with Crippen molar-refractivity contribution in [3.63, 3.8) is 0 Å². The van der Waals surface area contributed by atoms with E-state index in [9.17, 15) is 9.59 Å². The van der Waals surface area contributed by atoms with E-state index in [0.717, 1.165) is 22.9 Å². The van der Waals surface area contributed by atoms with E-state index in [1.807, 2.05) is 24.3 Å². The average molecular weight is 384 g/mol. The molecule has 23 heavy (non-hydrogen) atoms. The van der Waals surface area contributed by atoms with Crippen LogP contribution >= 0.6 is 15.9 Å². The number of amides is 1. The first kappa shape index (κ1) is 17.9. The van der Waals surface area contributed by atoms with Crippen LogP contribution in [0.5, 0.6) is 0 Å². The third kappa shape index (κ3) is 5.62. The minimum absolute atomic E-state index is 0.0769. The Kier molecular flexibility index (Phi) is 6.59. The molecular formula is C17H22BrNO4. The second-order valence-electron chi connectivity index (χ2n) is 5.90. The van der Waals surface area contributed by atoms with Crippen LogP contribution in [0.3, 0.4) is 0 Å². The molecule has 1 saturated carbocycles. The standard InChI is InChI=1S/C17H22BrNO4/c1-23-8-7-13(9-12-3-2-4-14(18)10-12)17(22)19(11-16(20)21)15-5-6-15/h2-4,10,13,15H,5-9,11H2,1H3,(H,20,21). The largest absolute Gasteiger partial charge is 0.480 e. The van der Waals surface area contributed by atoms with Crippen molar-refractivity contribution in [3.05, 3.63) is 34.3 Å². The Bertz CT molecular complexity index is 559. The van der Waals surface area contributed by atoms with Crippen molar-refractivity contribution >= 4 is 27.8 Å². The fraction of sp³-hybridized carbons (Fsp3) is 0.529. The number of benzene rings is 1. The second-order valence-corrected chi connectivity index (χ2v) is 6.82. The summed E-state index contributed by atoms with van der Waals surface area (Å²) in [4.78, 5) is 25.4. The van der Waals surface area contributed by atoms with Crippen molar-refractivity contribution < 1.29 is 19.4 Å². The molecule has 1 aliphatic carbocycles. The van der Waals surface area contributed by atoms with Crippen LogP contribution in [0, 0.1) is 5.92 Å². The number of halogens is 1. The summed E-state index contributed by atoms with van der Waals surface area (Å²) in [5.41, 5.74) is 1.06. The first-order valence-electron chi connectivity index (χ1n) is 7.77. The summed E-state index contributed by atoms with van der Waals surface area (Å²) >= 11 is 3.44. The van der Waals surface area contributed by atoms with Crippen molar-refractivity contribution in [3.8, 4) is 0 Å². The van der Waals surface area contributed by atoms with E-state index < -0.39 is 5.97 Å². The van der Waals surface area contributed by atoms with Crippen LogP contribution in [0.25, 0.3) is 0 Å². The molecule has 0 spiro atoms. The first-order chi connectivity index (χ1) is 11.0. The van der Waals surface area contributed by atoms with Gasteiger partial charge in [-0.3, -0.25) is 9.59 Å². The Labute approximate surface area is 144 Å². The predicted octanol–water partition coefficient (Wildman–Crippen LogP) is 2.72. The number of ether oxygens (including phenoxy) is 1. The number of nitrogens with zero attached hydrogens (tertiary/aromatic N) is 1. The van der Waals surface area contributed by atoms with Crippen LogP contribution in [0.15, 0.2) is 28.7 Å². The molecular weight excluding hydrogens is 362 g/mol. The van der Waals surface area contributed by atoms with Crippen LogP contribution in [0.1, 0.15) is 24.8 Å². The number of carboxylic acid groups (broad SMARTS) is 1. The van der Waals surface area contributed by atoms with Gasteiger partial charge in [-0.1, -0.05) is 28.1 Å². The molecule has 0 aromatic heterocycles. The van der Waals surface area contributed by atoms with Crippen LogP contribution in [0.2, 0.25) is 0 Å². The van der Waals surface area contributed by atoms with Crippen molar-refractivity contribution in [1.82, 2.24) is 4.90 Å². The zero-order valence-electron chi connectivity index (χ0n) is 13.2. The average Bonchev–Trinajstić information content (AvgIpc) is 3.33. The smallest absolute Gasteiger partial charge is 0.323 e. The molecule has 1 amide bonds. The SMILES string of the molecule is COCCC(Cc1cccc(Br)c1)C(=O)N(CC(=O)O)C1CC1. The highest BCUT2D eigenvalue weighted by Gasteiger charge is 2.36. The lowest BCUT2D eigenvalue weighted by Crippen LogP contribution is -2.42. The van der Waals surface area contributed by atoms with E-state index in [0.29, 0.717) is 19.4 Å². The molecule has 2 rings (SSSR count). The molecule has 1 N–H and O–H groups in total. The molecule has 1 atom stereocenters. The molecule has 0 aliphatic heterocycles. The topological polar surface area (TPSA) is 66.8 Å². The third-order valence-electron chi connectivity index (χ3n) is 3.97. The molecule has 126 valence electrons. The van der Waals surface area contributed by atoms with Gasteiger partial charge in [-0.2, -0.15) is 0 Å². The molecule has 0 saturated heterocycles. The minimum atomic E-state index is -0.960. The zero-order valence-corrected chi connectivity index (χ0v) is 14.8. The van der Waals surface area contributed by atoms with E-state index in [2.05, 4.69) is 15.9 Å². The normalized spacial score (nSPS) is 15.2. The molecule has 1 unspecified atom stereocenters. The van der Waals surface area contributed by atoms with E-state index in [1.54, 1.807) is 7.11 Å². The maximum atomic E-state index is 12.9. The second kappa shape index (κ2) is 8.45. The Morgan fingerprint density at radius 3 is 2.74 bits per heavy atom. The molecule has 5 nitrogen and oxygen atoms in total. The lowest BCUT2D eigenvalue weighted by Gasteiger charge is -2.26. The summed E-state index contributed by atoms with van der Waals surface area (Å²) in [6.45, 7) is 0.265. The van der Waals surface area contributed by atoms with Gasteiger partial charge in [0.1, 0.15) is 6.54 Å². The lowest BCUT2D eigenvalue weighted by molar-refractivity contribution is -0.147. The van der Waals surface area contributed by atoms with Crippen molar-refractivity contribution in [2.24, 2.45) is 5.92 Å². The van der Waals surface area contributed by atoms with Gasteiger partial charge in [0.25, 0.3) is 0 Å². The van der Waals surface area contributed by atoms with Gasteiger partial charge < -0.3 is 14.7 Å². The first-order valence-corrected chi connectivity index (χ1v) is 8.56. The molecule has 6 heteroatoms. The molecule has 0 radical (unpaired) electrons. The van der Waals surface area contributed by atoms with Crippen molar-refractivity contribution in [2.45, 2.75) is 31.7 Å². The van der Waals surface area contributed by atoms with Gasteiger partial charge in [-0.15, -0.1) is 0 Å². The van der Waals surface area contributed by atoms with Gasteiger partial charge in [0.2, 0.25) is 5.91 Å². The van der Waals surface area contributed by atoms with E-state index in [-0.39, 0.29) is 24.4 Å². The van der Waals surface area contributed by atoms with Gasteiger partial charge in [0, 0.05) is 30.1 Å². The molecule has 1 aromatic carbocycles. The maximum Gasteiger partial charge on any atom is 0.323 e. The maximum absolute atomic E-state index is 12.9. The number of hydrogen-bond acceptors (Lipinski definition) is 3. The predicted molar refractivity (Wildman–Crippen MR) is 90.2 cm³/mol. The minimum Gasteiger partial charge on any atom is -0.480 e. The quantitative estimate of drug-likeness (QED) is 0.711. The summed E-state index contributed by atoms with van der Waals surface area (Å²) in [6.07, 6.45) is 2.97. The highest BCUT2D eigenvalue weighted by molar-refractivity contribution is 9.10. The molecule has 1 aromatic rings. The van der Waals surface area contributed by atoms with Gasteiger partial charge in [-0.25, -0.2) is 0 Å². The van der Waals surface area contributed by atoms with E-state index in [4.69, 9.17) is 9.84 Å². The number of carbonyl (C=O) groups excluding carboxylic acids is 1. The number of methoxy groups -OCH3 is 1. The Balaban J connectivity index is 2.11. The van der Waals surface area contributed by atoms with Crippen LogP contribution < -0.4 is 0 Å². The van der Waals surface area contributed by atoms with Gasteiger partial charge in [0.15, 0.2) is 0 Å². The molecule has 1 fully saturated rings. The highest BCUT2D eigenvalue weighted by Crippen LogP contribution is 2.29. The molecule has 0 bridgehead atoms. The Morgan fingerprint density at radius 2 is 2.17 bits per heavy atom. The number of hydrogen-bond donors (Lipinski definition) is 1. The molecule has 0 heterocycles. The van der Waals surface area contributed by atoms with Crippen molar-refractivity contribution in [1.29, 1.82) is 0 Å². The van der Waals surface area contributed by atoms with E-state index in [1.165, 1.54) is 4.90 Å². The lowest BCUT2D eigenvalue weighted by atomic mass is 9.95. The number of carboxylic acids is 1. The van der Waals surface area contributed by atoms with Gasteiger partial charge in [0.05, 0.1) is 0 Å². The monoisotopic (exact) mass is 383 g/mol. The molecule has 1 aliphatic rings. The third-order valence-corrected chi connectivity index (χ3v) is 4.46. The van der Waals surface area contributed by atoms with Crippen LogP contribution in [-0.2, 0) is 20.7 Å². The van der Waals surface area contributed by atoms with Gasteiger partial charge in [-0.05, 0) is 43.4 Å². The number of rotatable bonds is 9. The van der Waals surface area contributed by atoms with Crippen molar-refractivity contribution in [2.75, 3.05) is 20.3 Å². The summed E-state index contributed by atoms with van der Waals surface area (Å²) in [5.74, 6) is -1.30. The van der Waals surface area contributed by atoms with E-state index >= 15 is 0 Å². The van der Waals surface area contributed by atoms with Crippen LogP contribution in [0.4, 0.5) is 0 Å². The Morgan fingerprint density at radius 1 is 1.43 bits per heavy atom. The summed E-state index contributed by atoms with van der Waals surface area (Å²) in [5, 5.41) is 9.07. The summed E-state index contributed by atoms with van der Waals surface area (Å²) in [7, 11) is 1.61. The highest BCUT2D eigenvalue weighted by atomic mass is 79.9. The van der Waals surface area contributed by atoms with Gasteiger partial charge >= 0.3 is 5.97 Å². The fourth-order valence-electron chi connectivity index (χ4n) is 2.67. The van der Waals surface area contributed by atoms with Crippen LogP contribution in [-0.4, -0.2) is 48.2 Å².